The molecule has 0 fully saturated rings. The van der Waals surface area contributed by atoms with Crippen molar-refractivity contribution in [2.75, 3.05) is 12.0 Å². The summed E-state index contributed by atoms with van der Waals surface area (Å²) < 4.78 is 9.11. The van der Waals surface area contributed by atoms with E-state index in [4.69, 9.17) is 4.74 Å². The van der Waals surface area contributed by atoms with Crippen LogP contribution in [-0.2, 0) is 6.42 Å². The SMILES string of the molecule is C=C1CC/C=C\COc2c1ccc1c2c2c(n1NC(C1=CCCC=C1)C1CC=C(C3=CC=CCC3)CC1)C=CC(c1ccc(C)c(-c3ccccc3)c1O)C2. The average Bonchev–Trinajstić information content (AvgIpc) is 3.58. The van der Waals surface area contributed by atoms with E-state index in [0.717, 1.165) is 120 Å². The molecule has 0 saturated carbocycles. The summed E-state index contributed by atoms with van der Waals surface area (Å²) in [6, 6.07) is 19.2. The van der Waals surface area contributed by atoms with Gasteiger partial charge in [-0.2, -0.15) is 0 Å². The van der Waals surface area contributed by atoms with Gasteiger partial charge >= 0.3 is 0 Å². The molecule has 278 valence electrons. The molecule has 2 N–H and O–H groups in total. The number of aromatic hydroxyl groups is 1. The van der Waals surface area contributed by atoms with Crippen LogP contribution in [0.4, 0.5) is 0 Å². The van der Waals surface area contributed by atoms with Crippen LogP contribution < -0.4 is 10.2 Å². The summed E-state index contributed by atoms with van der Waals surface area (Å²) in [5.74, 6) is 1.75. The van der Waals surface area contributed by atoms with Crippen molar-refractivity contribution < 1.29 is 9.84 Å². The topological polar surface area (TPSA) is 46.4 Å². The van der Waals surface area contributed by atoms with Gasteiger partial charge in [0.15, 0.2) is 0 Å². The molecule has 4 aliphatic carbocycles. The number of nitrogens with one attached hydrogen (secondary N) is 1. The van der Waals surface area contributed by atoms with E-state index in [2.05, 4.69) is 127 Å². The van der Waals surface area contributed by atoms with Crippen LogP contribution in [0.1, 0.15) is 91.7 Å². The van der Waals surface area contributed by atoms with E-state index in [1.807, 2.05) is 18.2 Å². The van der Waals surface area contributed by atoms with E-state index in [1.165, 1.54) is 16.7 Å². The Bertz CT molecular complexity index is 2360. The first-order chi connectivity index (χ1) is 27.0. The highest BCUT2D eigenvalue weighted by Gasteiger charge is 2.33. The van der Waals surface area contributed by atoms with Crippen molar-refractivity contribution in [2.24, 2.45) is 5.92 Å². The average molecular weight is 725 g/mol. The van der Waals surface area contributed by atoms with Crippen LogP contribution in [0.5, 0.6) is 11.5 Å². The van der Waals surface area contributed by atoms with Gasteiger partial charge in [-0.05, 0) is 134 Å². The molecule has 2 heterocycles. The lowest BCUT2D eigenvalue weighted by Crippen LogP contribution is -2.37. The Labute approximate surface area is 326 Å². The second-order valence-electron chi connectivity index (χ2n) is 15.9. The van der Waals surface area contributed by atoms with Gasteiger partial charge in [-0.25, -0.2) is 0 Å². The lowest BCUT2D eigenvalue weighted by Gasteiger charge is -2.34. The Balaban J connectivity index is 1.16. The molecule has 3 unspecified atom stereocenters. The number of phenols is 1. The third-order valence-electron chi connectivity index (χ3n) is 12.5. The van der Waals surface area contributed by atoms with Crippen molar-refractivity contribution in [1.82, 2.24) is 4.68 Å². The summed E-state index contributed by atoms with van der Waals surface area (Å²) in [5, 5.41) is 13.1. The first-order valence-corrected chi connectivity index (χ1v) is 20.5. The van der Waals surface area contributed by atoms with Crippen LogP contribution in [0.25, 0.3) is 33.7 Å². The largest absolute Gasteiger partial charge is 0.507 e. The fraction of sp³-hybridized carbons (Fsp3) is 0.294. The van der Waals surface area contributed by atoms with E-state index in [1.54, 1.807) is 5.57 Å². The number of ether oxygens (including phenoxy) is 1. The fourth-order valence-electron chi connectivity index (χ4n) is 9.56. The zero-order chi connectivity index (χ0) is 37.3. The number of benzene rings is 3. The number of allylic oxidation sites excluding steroid dienone is 11. The molecule has 0 amide bonds. The van der Waals surface area contributed by atoms with Gasteiger partial charge in [0.1, 0.15) is 18.1 Å². The number of fused-ring (bicyclic) bond motifs is 5. The van der Waals surface area contributed by atoms with Gasteiger partial charge < -0.3 is 15.3 Å². The first-order valence-electron chi connectivity index (χ1n) is 20.5. The normalized spacial score (nSPS) is 21.9. The predicted molar refractivity (Wildman–Crippen MR) is 230 cm³/mol. The molecule has 0 saturated heterocycles. The van der Waals surface area contributed by atoms with Crippen LogP contribution in [0.15, 0.2) is 139 Å². The highest BCUT2D eigenvalue weighted by atomic mass is 16.5. The van der Waals surface area contributed by atoms with Crippen molar-refractivity contribution in [3.05, 3.63) is 167 Å². The molecule has 1 aromatic heterocycles. The first kappa shape index (κ1) is 35.2. The number of rotatable bonds is 7. The molecule has 4 heteroatoms. The quantitative estimate of drug-likeness (QED) is 0.187. The minimum absolute atomic E-state index is 0.00415. The molecule has 3 aromatic carbocycles. The van der Waals surface area contributed by atoms with E-state index < -0.39 is 0 Å². The zero-order valence-corrected chi connectivity index (χ0v) is 32.1. The Morgan fingerprint density at radius 3 is 2.56 bits per heavy atom. The van der Waals surface area contributed by atoms with Gasteiger partial charge in [0.2, 0.25) is 0 Å². The van der Waals surface area contributed by atoms with Crippen molar-refractivity contribution in [2.45, 2.75) is 83.1 Å². The minimum atomic E-state index is -0.00415. The molecule has 0 radical (unpaired) electrons. The molecule has 3 atom stereocenters. The molecule has 4 nitrogen and oxygen atoms in total. The van der Waals surface area contributed by atoms with Crippen molar-refractivity contribution in [3.8, 4) is 22.6 Å². The van der Waals surface area contributed by atoms with Crippen LogP contribution >= 0.6 is 0 Å². The Kier molecular flexibility index (Phi) is 9.83. The second-order valence-corrected chi connectivity index (χ2v) is 15.9. The number of phenolic OH excluding ortho intramolecular Hbond substituents is 1. The van der Waals surface area contributed by atoms with Crippen LogP contribution in [-0.4, -0.2) is 22.4 Å². The van der Waals surface area contributed by atoms with Crippen molar-refractivity contribution in [3.63, 3.8) is 0 Å². The van der Waals surface area contributed by atoms with Crippen molar-refractivity contribution in [1.29, 1.82) is 0 Å². The third-order valence-corrected chi connectivity index (χ3v) is 12.5. The van der Waals surface area contributed by atoms with E-state index in [-0.39, 0.29) is 12.0 Å². The highest BCUT2D eigenvalue weighted by molar-refractivity contribution is 5.98. The minimum Gasteiger partial charge on any atom is -0.507 e. The maximum Gasteiger partial charge on any atom is 0.137 e. The number of hydrogen-bond donors (Lipinski definition) is 2. The molecule has 0 spiro atoms. The van der Waals surface area contributed by atoms with Crippen molar-refractivity contribution >= 4 is 22.6 Å². The molecular formula is C51H52N2O2. The van der Waals surface area contributed by atoms with Gasteiger partial charge in [-0.1, -0.05) is 110 Å². The van der Waals surface area contributed by atoms with Crippen LogP contribution in [0.2, 0.25) is 0 Å². The summed E-state index contributed by atoms with van der Waals surface area (Å²) in [5.41, 5.74) is 18.3. The molecule has 9 rings (SSSR count). The van der Waals surface area contributed by atoms with Gasteiger partial charge in [-0.3, -0.25) is 4.68 Å². The molecule has 4 aromatic rings. The van der Waals surface area contributed by atoms with Gasteiger partial charge in [0.25, 0.3) is 0 Å². The molecule has 1 aliphatic heterocycles. The Morgan fingerprint density at radius 1 is 0.873 bits per heavy atom. The maximum absolute atomic E-state index is 12.0. The highest BCUT2D eigenvalue weighted by Crippen LogP contribution is 2.47. The number of aryl methyl sites for hydroxylation is 1. The van der Waals surface area contributed by atoms with E-state index in [9.17, 15) is 5.11 Å². The standard InChI is InChI=1S/C51H52N2O2/c1-34-15-7-6-14-32-55-51-42(34)29-31-46-48(51)44-33-41(43-28-22-35(2)47(50(43)54)38-18-10-4-11-19-38)27-30-45(44)53(46)52-49(39-20-12-5-13-21-39)40-25-23-37(24-26-40)36-16-8-3-9-17-36/h3-4,6,8,10-12,14,16,18-23,27-31,40-41,49,52,54H,1,5,7,9,13,15,17,24-26,32-33H2,2H3/b14-6-. The lowest BCUT2D eigenvalue weighted by atomic mass is 9.78. The number of hydrogen-bond acceptors (Lipinski definition) is 3. The van der Waals surface area contributed by atoms with Crippen LogP contribution in [0.3, 0.4) is 0 Å². The Morgan fingerprint density at radius 2 is 1.76 bits per heavy atom. The predicted octanol–water partition coefficient (Wildman–Crippen LogP) is 12.6. The van der Waals surface area contributed by atoms with E-state index in [0.29, 0.717) is 18.3 Å². The molecule has 55 heavy (non-hydrogen) atoms. The van der Waals surface area contributed by atoms with Gasteiger partial charge in [0, 0.05) is 28.0 Å². The van der Waals surface area contributed by atoms with Crippen LogP contribution in [0, 0.1) is 12.8 Å². The van der Waals surface area contributed by atoms with E-state index >= 15 is 0 Å². The summed E-state index contributed by atoms with van der Waals surface area (Å²) in [7, 11) is 0. The summed E-state index contributed by atoms with van der Waals surface area (Å²) in [6.07, 6.45) is 35.9. The smallest absolute Gasteiger partial charge is 0.137 e. The third kappa shape index (κ3) is 6.77. The van der Waals surface area contributed by atoms with Gasteiger partial charge in [-0.15, -0.1) is 0 Å². The number of nitrogens with zero attached hydrogens (tertiary/aromatic N) is 1. The Hall–Kier alpha value is -5.48. The molecule has 5 aliphatic rings. The summed E-state index contributed by atoms with van der Waals surface area (Å²) >= 11 is 0. The van der Waals surface area contributed by atoms with Gasteiger partial charge in [0.05, 0.1) is 17.3 Å². The molecule has 0 bridgehead atoms. The maximum atomic E-state index is 12.0. The number of aromatic nitrogens is 1. The molecular weight excluding hydrogens is 673 g/mol. The summed E-state index contributed by atoms with van der Waals surface area (Å²) in [4.78, 5) is 0. The second kappa shape index (κ2) is 15.3. The fourth-order valence-corrected chi connectivity index (χ4v) is 9.56. The zero-order valence-electron chi connectivity index (χ0n) is 32.1. The lowest BCUT2D eigenvalue weighted by molar-refractivity contribution is 0.366. The monoisotopic (exact) mass is 724 g/mol. The summed E-state index contributed by atoms with van der Waals surface area (Å²) in [6.45, 7) is 7.15.